The van der Waals surface area contributed by atoms with E-state index in [9.17, 15) is 9.59 Å². The third-order valence-corrected chi connectivity index (χ3v) is 3.02. The number of hydrogen-bond donors (Lipinski definition) is 1. The first kappa shape index (κ1) is 15.5. The number of carbonyl (C=O) groups is 2. The Bertz CT molecular complexity index is 660. The van der Waals surface area contributed by atoms with Crippen LogP contribution in [-0.2, 0) is 20.7 Å². The molecule has 0 radical (unpaired) electrons. The van der Waals surface area contributed by atoms with Crippen molar-refractivity contribution in [1.29, 1.82) is 0 Å². The molecule has 0 aliphatic heterocycles. The van der Waals surface area contributed by atoms with Gasteiger partial charge in [-0.05, 0) is 29.3 Å². The fraction of sp³-hybridized carbons (Fsp3) is 0.111. The number of amides is 1. The minimum atomic E-state index is -0.289. The zero-order chi connectivity index (χ0) is 15.8. The molecule has 0 bridgehead atoms. The van der Waals surface area contributed by atoms with Crippen molar-refractivity contribution >= 4 is 23.6 Å². The summed E-state index contributed by atoms with van der Waals surface area (Å²) in [4.78, 5) is 23.0. The molecule has 22 heavy (non-hydrogen) atoms. The Morgan fingerprint density at radius 3 is 2.36 bits per heavy atom. The van der Waals surface area contributed by atoms with Crippen molar-refractivity contribution in [3.63, 3.8) is 0 Å². The molecule has 0 spiro atoms. The summed E-state index contributed by atoms with van der Waals surface area (Å²) < 4.78 is 4.61. The van der Waals surface area contributed by atoms with Gasteiger partial charge in [0.15, 0.2) is 0 Å². The topological polar surface area (TPSA) is 55.4 Å². The van der Waals surface area contributed by atoms with Crippen molar-refractivity contribution in [1.82, 2.24) is 0 Å². The van der Waals surface area contributed by atoms with Crippen LogP contribution in [0.1, 0.15) is 11.1 Å². The van der Waals surface area contributed by atoms with Crippen molar-refractivity contribution in [2.75, 3.05) is 12.4 Å². The molecule has 0 aliphatic carbocycles. The maximum absolute atomic E-state index is 11.8. The molecule has 4 heteroatoms. The van der Waals surface area contributed by atoms with Gasteiger partial charge in [0.1, 0.15) is 0 Å². The third-order valence-electron chi connectivity index (χ3n) is 3.02. The number of methoxy groups -OCH3 is 1. The van der Waals surface area contributed by atoms with Gasteiger partial charge in [0.2, 0.25) is 5.91 Å². The van der Waals surface area contributed by atoms with Crippen LogP contribution in [0.4, 0.5) is 5.69 Å². The van der Waals surface area contributed by atoms with Crippen LogP contribution in [0.5, 0.6) is 0 Å². The molecule has 4 nitrogen and oxygen atoms in total. The second kappa shape index (κ2) is 7.78. The number of hydrogen-bond acceptors (Lipinski definition) is 3. The second-order valence-electron chi connectivity index (χ2n) is 4.68. The molecule has 2 rings (SSSR count). The van der Waals surface area contributed by atoms with Crippen molar-refractivity contribution < 1.29 is 14.3 Å². The average molecular weight is 295 g/mol. The zero-order valence-electron chi connectivity index (χ0n) is 12.3. The predicted molar refractivity (Wildman–Crippen MR) is 86.3 cm³/mol. The molecule has 1 N–H and O–H groups in total. The molecule has 2 aromatic rings. The lowest BCUT2D eigenvalue weighted by molar-refractivity contribution is -0.139. The van der Waals surface area contributed by atoms with E-state index < -0.39 is 0 Å². The van der Waals surface area contributed by atoms with E-state index in [1.54, 1.807) is 30.3 Å². The zero-order valence-corrected chi connectivity index (χ0v) is 12.3. The monoisotopic (exact) mass is 295 g/mol. The van der Waals surface area contributed by atoms with Gasteiger partial charge in [-0.1, -0.05) is 42.5 Å². The number of rotatable bonds is 5. The molecule has 0 saturated heterocycles. The summed E-state index contributed by atoms with van der Waals surface area (Å²) in [6, 6.07) is 16.7. The summed E-state index contributed by atoms with van der Waals surface area (Å²) in [5.74, 6) is -0.493. The Hall–Kier alpha value is -2.88. The minimum Gasteiger partial charge on any atom is -0.469 e. The second-order valence-corrected chi connectivity index (χ2v) is 4.68. The number of benzene rings is 2. The summed E-state index contributed by atoms with van der Waals surface area (Å²) >= 11 is 0. The highest BCUT2D eigenvalue weighted by Gasteiger charge is 2.03. The molecule has 0 unspecified atom stereocenters. The van der Waals surface area contributed by atoms with E-state index in [2.05, 4.69) is 10.1 Å². The summed E-state index contributed by atoms with van der Waals surface area (Å²) in [6.45, 7) is 0. The van der Waals surface area contributed by atoms with E-state index in [1.165, 1.54) is 13.2 Å². The van der Waals surface area contributed by atoms with E-state index in [-0.39, 0.29) is 18.3 Å². The van der Waals surface area contributed by atoms with Gasteiger partial charge in [-0.15, -0.1) is 0 Å². The lowest BCUT2D eigenvalue weighted by Crippen LogP contribution is -2.08. The molecule has 0 fully saturated rings. The smallest absolute Gasteiger partial charge is 0.309 e. The highest BCUT2D eigenvalue weighted by molar-refractivity contribution is 6.01. The molecule has 112 valence electrons. The van der Waals surface area contributed by atoms with Crippen LogP contribution < -0.4 is 5.32 Å². The van der Waals surface area contributed by atoms with Gasteiger partial charge in [0, 0.05) is 11.8 Å². The van der Waals surface area contributed by atoms with E-state index in [0.29, 0.717) is 5.69 Å². The van der Waals surface area contributed by atoms with Crippen molar-refractivity contribution in [3.05, 3.63) is 71.8 Å². The molecule has 0 saturated carbocycles. The summed E-state index contributed by atoms with van der Waals surface area (Å²) in [5, 5.41) is 2.76. The van der Waals surface area contributed by atoms with E-state index in [1.807, 2.05) is 30.3 Å². The highest BCUT2D eigenvalue weighted by atomic mass is 16.5. The van der Waals surface area contributed by atoms with Gasteiger partial charge in [0.05, 0.1) is 13.5 Å². The van der Waals surface area contributed by atoms with Gasteiger partial charge < -0.3 is 10.1 Å². The fourth-order valence-electron chi connectivity index (χ4n) is 1.86. The van der Waals surface area contributed by atoms with Crippen LogP contribution >= 0.6 is 0 Å². The molecular weight excluding hydrogens is 278 g/mol. The summed E-state index contributed by atoms with van der Waals surface area (Å²) in [6.07, 6.45) is 3.46. The van der Waals surface area contributed by atoms with Crippen LogP contribution in [0.2, 0.25) is 0 Å². The van der Waals surface area contributed by atoms with Crippen LogP contribution in [0.15, 0.2) is 60.7 Å². The van der Waals surface area contributed by atoms with Crippen molar-refractivity contribution in [2.45, 2.75) is 6.42 Å². The number of nitrogens with one attached hydrogen (secondary N) is 1. The Morgan fingerprint density at radius 2 is 1.73 bits per heavy atom. The molecule has 0 atom stereocenters. The largest absolute Gasteiger partial charge is 0.469 e. The number of esters is 1. The minimum absolute atomic E-state index is 0.204. The third kappa shape index (κ3) is 4.90. The van der Waals surface area contributed by atoms with Crippen LogP contribution in [-0.4, -0.2) is 19.0 Å². The summed E-state index contributed by atoms with van der Waals surface area (Å²) in [7, 11) is 1.36. The van der Waals surface area contributed by atoms with Crippen LogP contribution in [0, 0.1) is 0 Å². The molecule has 2 aromatic carbocycles. The number of anilines is 1. The maximum atomic E-state index is 11.8. The normalized spacial score (nSPS) is 10.4. The lowest BCUT2D eigenvalue weighted by atomic mass is 10.1. The number of ether oxygens (including phenoxy) is 1. The molecule has 0 aromatic heterocycles. The highest BCUT2D eigenvalue weighted by Crippen LogP contribution is 2.11. The van der Waals surface area contributed by atoms with Crippen LogP contribution in [0.25, 0.3) is 6.08 Å². The predicted octanol–water partition coefficient (Wildman–Crippen LogP) is 3.05. The fourth-order valence-corrected chi connectivity index (χ4v) is 1.86. The molecule has 0 heterocycles. The molecule has 1 amide bonds. The van der Waals surface area contributed by atoms with E-state index in [0.717, 1.165) is 11.1 Å². The van der Waals surface area contributed by atoms with Gasteiger partial charge in [-0.2, -0.15) is 0 Å². The quantitative estimate of drug-likeness (QED) is 0.681. The van der Waals surface area contributed by atoms with E-state index >= 15 is 0 Å². The van der Waals surface area contributed by atoms with Gasteiger partial charge in [0.25, 0.3) is 0 Å². The Balaban J connectivity index is 1.91. The van der Waals surface area contributed by atoms with Crippen molar-refractivity contribution in [3.8, 4) is 0 Å². The molecule has 0 aliphatic rings. The Labute approximate surface area is 129 Å². The van der Waals surface area contributed by atoms with E-state index in [4.69, 9.17) is 0 Å². The lowest BCUT2D eigenvalue weighted by Gasteiger charge is -2.04. The first-order valence-electron chi connectivity index (χ1n) is 6.87. The SMILES string of the molecule is COC(=O)Cc1ccc(NC(=O)/C=C/c2ccccc2)cc1. The Morgan fingerprint density at radius 1 is 1.05 bits per heavy atom. The van der Waals surface area contributed by atoms with Crippen molar-refractivity contribution in [2.24, 2.45) is 0 Å². The Kier molecular flexibility index (Phi) is 5.49. The first-order chi connectivity index (χ1) is 10.7. The standard InChI is InChI=1S/C18H17NO3/c1-22-18(21)13-15-7-10-16(11-8-15)19-17(20)12-9-14-5-3-2-4-6-14/h2-12H,13H2,1H3,(H,19,20)/b12-9+. The van der Waals surface area contributed by atoms with Crippen LogP contribution in [0.3, 0.4) is 0 Å². The number of carbonyl (C=O) groups excluding carboxylic acids is 2. The maximum Gasteiger partial charge on any atom is 0.309 e. The average Bonchev–Trinajstić information content (AvgIpc) is 2.55. The molecular formula is C18H17NO3. The van der Waals surface area contributed by atoms with Gasteiger partial charge >= 0.3 is 5.97 Å². The first-order valence-corrected chi connectivity index (χ1v) is 6.87. The van der Waals surface area contributed by atoms with Gasteiger partial charge in [-0.25, -0.2) is 0 Å². The summed E-state index contributed by atoms with van der Waals surface area (Å²) in [5.41, 5.74) is 2.48. The van der Waals surface area contributed by atoms with Gasteiger partial charge in [-0.3, -0.25) is 9.59 Å².